The molecule has 2 N–H and O–H groups in total. The smallest absolute Gasteiger partial charge is 0.228 e. The molecule has 0 atom stereocenters. The number of nitrogens with zero attached hydrogens (tertiary/aromatic N) is 1. The Hall–Kier alpha value is -2.66. The Kier molecular flexibility index (Phi) is 7.36. The van der Waals surface area contributed by atoms with Gasteiger partial charge in [0.1, 0.15) is 0 Å². The van der Waals surface area contributed by atoms with Crippen LogP contribution in [0.4, 0.5) is 11.4 Å². The third-order valence-electron chi connectivity index (χ3n) is 4.18. The summed E-state index contributed by atoms with van der Waals surface area (Å²) in [6, 6.07) is 15.3. The fourth-order valence-electron chi connectivity index (χ4n) is 2.70. The summed E-state index contributed by atoms with van der Waals surface area (Å²) in [7, 11) is 0. The summed E-state index contributed by atoms with van der Waals surface area (Å²) in [4.78, 5) is 25.6. The van der Waals surface area contributed by atoms with Crippen molar-refractivity contribution in [2.24, 2.45) is 0 Å². The fraction of sp³-hybridized carbons (Fsp3) is 0.333. The van der Waals surface area contributed by atoms with Gasteiger partial charge in [-0.1, -0.05) is 38.1 Å². The molecule has 0 aliphatic heterocycles. The van der Waals surface area contributed by atoms with Crippen LogP contribution in [0.3, 0.4) is 0 Å². The first-order valence-corrected chi connectivity index (χ1v) is 8.97. The summed E-state index contributed by atoms with van der Waals surface area (Å²) in [5.41, 5.74) is 3.66. The Bertz CT molecular complexity index is 720. The van der Waals surface area contributed by atoms with E-state index in [9.17, 15) is 9.59 Å². The topological polar surface area (TPSA) is 61.4 Å². The van der Waals surface area contributed by atoms with Crippen molar-refractivity contribution in [3.05, 3.63) is 59.7 Å². The number of carbonyl (C=O) groups is 2. The molecule has 0 heterocycles. The highest BCUT2D eigenvalue weighted by Crippen LogP contribution is 2.14. The SMILES string of the molecule is CCN(CC)Cc1ccc(NC(=O)Cc2ccc(NC(C)=O)cc2)cc1. The van der Waals surface area contributed by atoms with Gasteiger partial charge in [0.05, 0.1) is 6.42 Å². The standard InChI is InChI=1S/C21H27N3O2/c1-4-24(5-2)15-18-8-12-20(13-9-18)23-21(26)14-17-6-10-19(11-7-17)22-16(3)25/h6-13H,4-5,14-15H2,1-3H3,(H,22,25)(H,23,26). The lowest BCUT2D eigenvalue weighted by atomic mass is 10.1. The number of hydrogen-bond donors (Lipinski definition) is 2. The molecule has 0 unspecified atom stereocenters. The molecular weight excluding hydrogens is 326 g/mol. The Morgan fingerprint density at radius 3 is 1.81 bits per heavy atom. The zero-order valence-electron chi connectivity index (χ0n) is 15.7. The van der Waals surface area contributed by atoms with E-state index in [2.05, 4.69) is 41.5 Å². The van der Waals surface area contributed by atoms with Gasteiger partial charge >= 0.3 is 0 Å². The van der Waals surface area contributed by atoms with Gasteiger partial charge in [-0.2, -0.15) is 0 Å². The van der Waals surface area contributed by atoms with E-state index in [0.29, 0.717) is 6.42 Å². The van der Waals surface area contributed by atoms with Crippen molar-refractivity contribution in [1.29, 1.82) is 0 Å². The predicted molar refractivity (Wildman–Crippen MR) is 106 cm³/mol. The summed E-state index contributed by atoms with van der Waals surface area (Å²) in [6.07, 6.45) is 0.293. The van der Waals surface area contributed by atoms with E-state index >= 15 is 0 Å². The van der Waals surface area contributed by atoms with E-state index in [1.165, 1.54) is 12.5 Å². The van der Waals surface area contributed by atoms with E-state index in [-0.39, 0.29) is 11.8 Å². The molecule has 0 fully saturated rings. The molecule has 0 aliphatic rings. The minimum atomic E-state index is -0.111. The Morgan fingerprint density at radius 2 is 1.31 bits per heavy atom. The Morgan fingerprint density at radius 1 is 0.808 bits per heavy atom. The van der Waals surface area contributed by atoms with Gasteiger partial charge in [0, 0.05) is 24.8 Å². The maximum Gasteiger partial charge on any atom is 0.228 e. The first kappa shape index (κ1) is 19.7. The van der Waals surface area contributed by atoms with Crippen molar-refractivity contribution in [1.82, 2.24) is 4.90 Å². The lowest BCUT2D eigenvalue weighted by Crippen LogP contribution is -2.22. The molecule has 26 heavy (non-hydrogen) atoms. The Balaban J connectivity index is 1.88. The van der Waals surface area contributed by atoms with Crippen LogP contribution in [-0.4, -0.2) is 29.8 Å². The van der Waals surface area contributed by atoms with Gasteiger partial charge in [0.15, 0.2) is 0 Å². The van der Waals surface area contributed by atoms with Gasteiger partial charge in [0.25, 0.3) is 0 Å². The molecule has 2 amide bonds. The molecule has 5 nitrogen and oxygen atoms in total. The minimum absolute atomic E-state index is 0.0613. The quantitative estimate of drug-likeness (QED) is 0.761. The molecule has 138 valence electrons. The van der Waals surface area contributed by atoms with Crippen LogP contribution in [-0.2, 0) is 22.6 Å². The zero-order valence-corrected chi connectivity index (χ0v) is 15.7. The summed E-state index contributed by atoms with van der Waals surface area (Å²) in [6.45, 7) is 8.74. The monoisotopic (exact) mass is 353 g/mol. The molecule has 0 bridgehead atoms. The maximum absolute atomic E-state index is 12.2. The molecule has 5 heteroatoms. The van der Waals surface area contributed by atoms with Crippen molar-refractivity contribution in [3.63, 3.8) is 0 Å². The number of hydrogen-bond acceptors (Lipinski definition) is 3. The van der Waals surface area contributed by atoms with Crippen LogP contribution < -0.4 is 10.6 Å². The number of nitrogens with one attached hydrogen (secondary N) is 2. The van der Waals surface area contributed by atoms with Gasteiger partial charge < -0.3 is 10.6 Å². The molecule has 2 aromatic rings. The fourth-order valence-corrected chi connectivity index (χ4v) is 2.70. The number of carbonyl (C=O) groups excluding carboxylic acids is 2. The number of anilines is 2. The molecule has 0 saturated heterocycles. The third-order valence-corrected chi connectivity index (χ3v) is 4.18. The highest BCUT2D eigenvalue weighted by atomic mass is 16.2. The summed E-state index contributed by atoms with van der Waals surface area (Å²) in [5, 5.41) is 5.63. The average Bonchev–Trinajstić information content (AvgIpc) is 2.62. The van der Waals surface area contributed by atoms with Crippen molar-refractivity contribution in [2.45, 2.75) is 33.7 Å². The van der Waals surface area contributed by atoms with Crippen LogP contribution in [0.5, 0.6) is 0 Å². The Labute approximate surface area is 155 Å². The van der Waals surface area contributed by atoms with Crippen LogP contribution in [0.2, 0.25) is 0 Å². The molecule has 0 saturated carbocycles. The predicted octanol–water partition coefficient (Wildman–Crippen LogP) is 3.67. The molecular formula is C21H27N3O2. The van der Waals surface area contributed by atoms with Gasteiger partial charge in [0.2, 0.25) is 11.8 Å². The van der Waals surface area contributed by atoms with E-state index < -0.39 is 0 Å². The van der Waals surface area contributed by atoms with Gasteiger partial charge in [-0.3, -0.25) is 14.5 Å². The van der Waals surface area contributed by atoms with Crippen molar-refractivity contribution in [2.75, 3.05) is 23.7 Å². The van der Waals surface area contributed by atoms with E-state index in [4.69, 9.17) is 0 Å². The highest BCUT2D eigenvalue weighted by Gasteiger charge is 2.06. The van der Waals surface area contributed by atoms with E-state index in [1.807, 2.05) is 24.3 Å². The number of amides is 2. The maximum atomic E-state index is 12.2. The van der Waals surface area contributed by atoms with Crippen molar-refractivity contribution < 1.29 is 9.59 Å². The molecule has 0 spiro atoms. The zero-order chi connectivity index (χ0) is 18.9. The third kappa shape index (κ3) is 6.33. The van der Waals surface area contributed by atoms with Gasteiger partial charge in [-0.15, -0.1) is 0 Å². The summed E-state index contributed by atoms with van der Waals surface area (Å²) < 4.78 is 0. The minimum Gasteiger partial charge on any atom is -0.326 e. The first-order chi connectivity index (χ1) is 12.5. The largest absolute Gasteiger partial charge is 0.326 e. The number of rotatable bonds is 8. The lowest BCUT2D eigenvalue weighted by Gasteiger charge is -2.18. The lowest BCUT2D eigenvalue weighted by molar-refractivity contribution is -0.116. The van der Waals surface area contributed by atoms with E-state index in [1.54, 1.807) is 12.1 Å². The molecule has 2 aromatic carbocycles. The van der Waals surface area contributed by atoms with Crippen LogP contribution in [0.25, 0.3) is 0 Å². The van der Waals surface area contributed by atoms with Gasteiger partial charge in [-0.25, -0.2) is 0 Å². The van der Waals surface area contributed by atoms with Crippen LogP contribution >= 0.6 is 0 Å². The molecule has 0 radical (unpaired) electrons. The van der Waals surface area contributed by atoms with Crippen LogP contribution in [0.15, 0.2) is 48.5 Å². The second-order valence-electron chi connectivity index (χ2n) is 6.26. The van der Waals surface area contributed by atoms with Crippen LogP contribution in [0.1, 0.15) is 31.9 Å². The second kappa shape index (κ2) is 9.73. The molecule has 0 aromatic heterocycles. The first-order valence-electron chi connectivity index (χ1n) is 8.97. The highest BCUT2D eigenvalue weighted by molar-refractivity contribution is 5.92. The summed E-state index contributed by atoms with van der Waals surface area (Å²) in [5.74, 6) is -0.172. The van der Waals surface area contributed by atoms with Gasteiger partial charge in [-0.05, 0) is 48.5 Å². The number of benzene rings is 2. The van der Waals surface area contributed by atoms with Crippen molar-refractivity contribution >= 4 is 23.2 Å². The summed E-state index contributed by atoms with van der Waals surface area (Å²) >= 11 is 0. The molecule has 0 aliphatic carbocycles. The van der Waals surface area contributed by atoms with E-state index in [0.717, 1.165) is 36.6 Å². The average molecular weight is 353 g/mol. The van der Waals surface area contributed by atoms with Crippen LogP contribution in [0, 0.1) is 0 Å². The molecule has 2 rings (SSSR count). The normalized spacial score (nSPS) is 10.6. The van der Waals surface area contributed by atoms with Crippen molar-refractivity contribution in [3.8, 4) is 0 Å². The second-order valence-corrected chi connectivity index (χ2v) is 6.26.